The zero-order chi connectivity index (χ0) is 67.2. The molecule has 0 unspecified atom stereocenters. The Morgan fingerprint density at radius 3 is 1.19 bits per heavy atom. The standard InChI is InChI=1S/C96H63N5O/c1-6-21-64(22-7-1)66-37-39-67(40-38-66)69-43-48-76(49-44-69)98(73-28-12-4-13-29-73)80-54-57-89-87(61-80)95-90(58-56-84-83-34-17-19-36-94(83)102-96(84)95)101(89)79-32-20-25-70(59-79)71-45-55-82-86-62-85-81-33-16-18-35-88(81)99(92(85)63-93(86)100(91(82)60-71)74-30-14-5-15-31-74)78-52-50-77(51-53-78)97(72-26-10-3-11-27-72)75-46-41-68(42-47-75)65-23-8-2-9-24-65/h1-63H. The van der Waals surface area contributed by atoms with Crippen molar-refractivity contribution in [3.8, 4) is 61.6 Å². The van der Waals surface area contributed by atoms with E-state index in [4.69, 9.17) is 4.42 Å². The average Bonchev–Trinajstić information content (AvgIpc) is 1.56. The van der Waals surface area contributed by atoms with Gasteiger partial charge in [-0.3, -0.25) is 0 Å². The molecule has 0 saturated heterocycles. The lowest BCUT2D eigenvalue weighted by Gasteiger charge is -2.26. The van der Waals surface area contributed by atoms with Crippen molar-refractivity contribution >= 4 is 121 Å². The second-order valence-corrected chi connectivity index (χ2v) is 26.4. The lowest BCUT2D eigenvalue weighted by Crippen LogP contribution is -2.10. The number of aromatic nitrogens is 3. The number of hydrogen-bond donors (Lipinski definition) is 0. The van der Waals surface area contributed by atoms with Crippen LogP contribution in [0.15, 0.2) is 387 Å². The summed E-state index contributed by atoms with van der Waals surface area (Å²) in [6, 6.07) is 139. The molecule has 0 radical (unpaired) electrons. The smallest absolute Gasteiger partial charge is 0.145 e. The molecule has 20 rings (SSSR count). The van der Waals surface area contributed by atoms with Crippen molar-refractivity contribution in [1.29, 1.82) is 0 Å². The quantitative estimate of drug-likeness (QED) is 0.115. The summed E-state index contributed by atoms with van der Waals surface area (Å²) in [5.41, 5.74) is 27.5. The number of benzene rings is 16. The van der Waals surface area contributed by atoms with Crippen molar-refractivity contribution in [3.63, 3.8) is 0 Å². The topological polar surface area (TPSA) is 34.4 Å². The first kappa shape index (κ1) is 58.5. The number of fused-ring (bicyclic) bond motifs is 13. The van der Waals surface area contributed by atoms with E-state index in [1.165, 1.54) is 49.4 Å². The Kier molecular flexibility index (Phi) is 13.8. The molecule has 102 heavy (non-hydrogen) atoms. The van der Waals surface area contributed by atoms with E-state index in [2.05, 4.69) is 406 Å². The molecule has 0 fully saturated rings. The van der Waals surface area contributed by atoms with Crippen molar-refractivity contribution in [2.24, 2.45) is 0 Å². The molecule has 4 heterocycles. The van der Waals surface area contributed by atoms with Gasteiger partial charge in [0.1, 0.15) is 11.2 Å². The minimum absolute atomic E-state index is 0.869. The van der Waals surface area contributed by atoms with Crippen LogP contribution in [0.2, 0.25) is 0 Å². The Morgan fingerprint density at radius 2 is 0.569 bits per heavy atom. The van der Waals surface area contributed by atoms with E-state index in [1.807, 2.05) is 0 Å². The van der Waals surface area contributed by atoms with E-state index in [-0.39, 0.29) is 0 Å². The molecule has 0 bridgehead atoms. The van der Waals surface area contributed by atoms with E-state index in [1.54, 1.807) is 0 Å². The monoisotopic (exact) mass is 1300 g/mol. The Morgan fingerprint density at radius 1 is 0.186 bits per heavy atom. The Balaban J connectivity index is 0.702. The summed E-state index contributed by atoms with van der Waals surface area (Å²) in [5.74, 6) is 0. The van der Waals surface area contributed by atoms with Crippen LogP contribution in [0.5, 0.6) is 0 Å². The molecule has 0 amide bonds. The van der Waals surface area contributed by atoms with Crippen molar-refractivity contribution in [2.45, 2.75) is 0 Å². The zero-order valence-electron chi connectivity index (χ0n) is 55.5. The number of furan rings is 1. The molecule has 0 N–H and O–H groups in total. The molecule has 6 heteroatoms. The van der Waals surface area contributed by atoms with Crippen LogP contribution in [-0.2, 0) is 0 Å². The van der Waals surface area contributed by atoms with Crippen LogP contribution in [0.1, 0.15) is 0 Å². The lowest BCUT2D eigenvalue weighted by atomic mass is 10.00. The van der Waals surface area contributed by atoms with Gasteiger partial charge in [-0.2, -0.15) is 0 Å². The van der Waals surface area contributed by atoms with Gasteiger partial charge in [-0.1, -0.05) is 224 Å². The lowest BCUT2D eigenvalue weighted by molar-refractivity contribution is 0.673. The third kappa shape index (κ3) is 9.79. The predicted octanol–water partition coefficient (Wildman–Crippen LogP) is 26.5. The van der Waals surface area contributed by atoms with Crippen LogP contribution >= 0.6 is 0 Å². The molecule has 6 nitrogen and oxygen atoms in total. The normalized spacial score (nSPS) is 11.7. The van der Waals surface area contributed by atoms with Crippen LogP contribution in [0.4, 0.5) is 34.1 Å². The summed E-state index contributed by atoms with van der Waals surface area (Å²) in [6.07, 6.45) is 0. The first-order valence-corrected chi connectivity index (χ1v) is 34.9. The van der Waals surface area contributed by atoms with Crippen molar-refractivity contribution < 1.29 is 4.42 Å². The van der Waals surface area contributed by atoms with E-state index >= 15 is 0 Å². The summed E-state index contributed by atoms with van der Waals surface area (Å²) in [5, 5.41) is 9.17. The molecule has 16 aromatic carbocycles. The highest BCUT2D eigenvalue weighted by Gasteiger charge is 2.25. The van der Waals surface area contributed by atoms with Gasteiger partial charge in [0, 0.05) is 88.9 Å². The van der Waals surface area contributed by atoms with Crippen molar-refractivity contribution in [2.75, 3.05) is 9.80 Å². The van der Waals surface area contributed by atoms with Gasteiger partial charge in [0.05, 0.1) is 38.5 Å². The highest BCUT2D eigenvalue weighted by atomic mass is 16.3. The molecule has 0 aliphatic heterocycles. The van der Waals surface area contributed by atoms with Crippen LogP contribution in [0.25, 0.3) is 149 Å². The number of rotatable bonds is 13. The summed E-state index contributed by atoms with van der Waals surface area (Å²) >= 11 is 0. The van der Waals surface area contributed by atoms with Gasteiger partial charge in [-0.05, 0) is 202 Å². The molecule has 0 aliphatic carbocycles. The highest BCUT2D eigenvalue weighted by molar-refractivity contribution is 6.25. The molecule has 0 aliphatic rings. The van der Waals surface area contributed by atoms with Gasteiger partial charge in [0.15, 0.2) is 0 Å². The second kappa shape index (κ2) is 24.1. The van der Waals surface area contributed by atoms with E-state index in [0.717, 1.165) is 134 Å². The maximum Gasteiger partial charge on any atom is 0.145 e. The van der Waals surface area contributed by atoms with Crippen LogP contribution in [0.3, 0.4) is 0 Å². The predicted molar refractivity (Wildman–Crippen MR) is 428 cm³/mol. The molecular weight excluding hydrogens is 1240 g/mol. The van der Waals surface area contributed by atoms with Gasteiger partial charge < -0.3 is 27.9 Å². The largest absolute Gasteiger partial charge is 0.455 e. The van der Waals surface area contributed by atoms with Gasteiger partial charge in [0.2, 0.25) is 0 Å². The zero-order valence-corrected chi connectivity index (χ0v) is 55.5. The highest BCUT2D eigenvalue weighted by Crippen LogP contribution is 2.47. The number of anilines is 6. The first-order chi connectivity index (χ1) is 50.6. The van der Waals surface area contributed by atoms with E-state index < -0.39 is 0 Å². The Bertz CT molecular complexity index is 6560. The van der Waals surface area contributed by atoms with E-state index in [9.17, 15) is 0 Å². The fourth-order valence-corrected chi connectivity index (χ4v) is 15.8. The van der Waals surface area contributed by atoms with Crippen molar-refractivity contribution in [3.05, 3.63) is 382 Å². The van der Waals surface area contributed by atoms with Crippen molar-refractivity contribution in [1.82, 2.24) is 13.7 Å². The van der Waals surface area contributed by atoms with Crippen LogP contribution < -0.4 is 9.80 Å². The molecule has 0 saturated carbocycles. The van der Waals surface area contributed by atoms with Gasteiger partial charge in [-0.25, -0.2) is 0 Å². The molecule has 0 spiro atoms. The Hall–Kier alpha value is -13.7. The summed E-state index contributed by atoms with van der Waals surface area (Å²) in [4.78, 5) is 4.70. The molecule has 4 aromatic heterocycles. The van der Waals surface area contributed by atoms with E-state index in [0.29, 0.717) is 0 Å². The number of hydrogen-bond acceptors (Lipinski definition) is 3. The molecule has 0 atom stereocenters. The maximum absolute atomic E-state index is 6.98. The minimum atomic E-state index is 0.869. The summed E-state index contributed by atoms with van der Waals surface area (Å²) in [6.45, 7) is 0. The fourth-order valence-electron chi connectivity index (χ4n) is 15.8. The summed E-state index contributed by atoms with van der Waals surface area (Å²) < 4.78 is 14.3. The molecule has 478 valence electrons. The van der Waals surface area contributed by atoms with Gasteiger partial charge >= 0.3 is 0 Å². The maximum atomic E-state index is 6.98. The van der Waals surface area contributed by atoms with Crippen LogP contribution in [-0.4, -0.2) is 13.7 Å². The number of para-hydroxylation sites is 5. The second-order valence-electron chi connectivity index (χ2n) is 26.4. The summed E-state index contributed by atoms with van der Waals surface area (Å²) in [7, 11) is 0. The first-order valence-electron chi connectivity index (χ1n) is 34.9. The third-order valence-electron chi connectivity index (χ3n) is 20.6. The van der Waals surface area contributed by atoms with Gasteiger partial charge in [0.25, 0.3) is 0 Å². The molecule has 20 aromatic rings. The SMILES string of the molecule is c1ccc(-c2ccc(-c3ccc(N(c4ccccc4)c4ccc5c(c4)c4c6oc7ccccc7c6ccc4n5-c4cccc(-c5ccc6c7cc8c9ccccc9n(-c9ccc(N(c%10ccccc%10)c%10ccc(-c%11ccccc%11)cc%10)cc9)c8cc7n(-c7ccccc7)c6c5)c4)cc3)cc2)cc1. The number of nitrogens with zero attached hydrogens (tertiary/aromatic N) is 5. The third-order valence-corrected chi connectivity index (χ3v) is 20.6. The fraction of sp³-hybridized carbons (Fsp3) is 0. The van der Waals surface area contributed by atoms with Crippen LogP contribution in [0, 0.1) is 0 Å². The minimum Gasteiger partial charge on any atom is -0.455 e. The molecular formula is C96H63N5O. The average molecular weight is 1300 g/mol. The Labute approximate surface area is 589 Å². The van der Waals surface area contributed by atoms with Gasteiger partial charge in [-0.15, -0.1) is 0 Å².